The van der Waals surface area contributed by atoms with Crippen molar-refractivity contribution in [2.24, 2.45) is 0 Å². The summed E-state index contributed by atoms with van der Waals surface area (Å²) in [6.07, 6.45) is 7.39. The van der Waals surface area contributed by atoms with Gasteiger partial charge in [0.05, 0.1) is 6.54 Å². The zero-order valence-electron chi connectivity index (χ0n) is 10.1. The molecule has 0 atom stereocenters. The van der Waals surface area contributed by atoms with Gasteiger partial charge in [-0.25, -0.2) is 9.97 Å². The Labute approximate surface area is 100 Å². The highest BCUT2D eigenvalue weighted by Crippen LogP contribution is 1.98. The molecule has 0 aromatic carbocycles. The number of H-pyrrole nitrogens is 1. The zero-order valence-corrected chi connectivity index (χ0v) is 10.1. The highest BCUT2D eigenvalue weighted by Gasteiger charge is 2.01. The van der Waals surface area contributed by atoms with Crippen LogP contribution in [0.1, 0.15) is 25.0 Å². The Hall–Kier alpha value is -1.69. The minimum absolute atomic E-state index is 0.793. The maximum atomic E-state index is 4.33. The zero-order chi connectivity index (χ0) is 11.9. The average Bonchev–Trinajstić information content (AvgIpc) is 2.96. The minimum Gasteiger partial charge on any atom is -0.334 e. The summed E-state index contributed by atoms with van der Waals surface area (Å²) in [5.74, 6) is 2.00. The molecule has 6 heteroatoms. The molecule has 0 saturated carbocycles. The molecule has 0 amide bonds. The van der Waals surface area contributed by atoms with Crippen LogP contribution in [-0.2, 0) is 19.5 Å². The van der Waals surface area contributed by atoms with E-state index in [1.54, 1.807) is 0 Å². The first-order valence-electron chi connectivity index (χ1n) is 5.95. The van der Waals surface area contributed by atoms with Crippen LogP contribution in [-0.4, -0.2) is 31.3 Å². The van der Waals surface area contributed by atoms with Crippen molar-refractivity contribution in [3.05, 3.63) is 30.4 Å². The molecule has 0 spiro atoms. The first-order chi connectivity index (χ1) is 8.40. The van der Waals surface area contributed by atoms with Crippen molar-refractivity contribution in [2.75, 3.05) is 6.54 Å². The molecule has 2 aromatic rings. The Bertz CT molecular complexity index is 419. The molecule has 92 valence electrons. The molecule has 2 heterocycles. The molecular formula is C11H18N6. The van der Waals surface area contributed by atoms with Gasteiger partial charge in [-0.2, -0.15) is 5.10 Å². The van der Waals surface area contributed by atoms with Crippen molar-refractivity contribution in [3.8, 4) is 0 Å². The summed E-state index contributed by atoms with van der Waals surface area (Å²) < 4.78 is 2.18. The van der Waals surface area contributed by atoms with Gasteiger partial charge in [0, 0.05) is 31.9 Å². The van der Waals surface area contributed by atoms with E-state index in [4.69, 9.17) is 0 Å². The number of aromatic amines is 1. The molecule has 0 radical (unpaired) electrons. The van der Waals surface area contributed by atoms with Crippen molar-refractivity contribution < 1.29 is 0 Å². The smallest absolute Gasteiger partial charge is 0.137 e. The van der Waals surface area contributed by atoms with Crippen LogP contribution in [0.4, 0.5) is 0 Å². The second-order valence-electron chi connectivity index (χ2n) is 3.90. The number of imidazole rings is 1. The topological polar surface area (TPSA) is 71.4 Å². The number of aromatic nitrogens is 5. The third kappa shape index (κ3) is 3.39. The summed E-state index contributed by atoms with van der Waals surface area (Å²) in [7, 11) is 0. The van der Waals surface area contributed by atoms with E-state index >= 15 is 0 Å². The van der Waals surface area contributed by atoms with E-state index in [2.05, 4.69) is 37.0 Å². The van der Waals surface area contributed by atoms with Gasteiger partial charge in [0.2, 0.25) is 0 Å². The average molecular weight is 234 g/mol. The van der Waals surface area contributed by atoms with Gasteiger partial charge in [0.1, 0.15) is 18.0 Å². The molecule has 0 aliphatic heterocycles. The number of rotatable bonds is 7. The fourth-order valence-electron chi connectivity index (χ4n) is 1.71. The molecule has 0 bridgehead atoms. The summed E-state index contributed by atoms with van der Waals surface area (Å²) in [6.45, 7) is 4.86. The molecule has 0 saturated heterocycles. The first kappa shape index (κ1) is 11.8. The highest BCUT2D eigenvalue weighted by molar-refractivity contribution is 4.92. The predicted octanol–water partition coefficient (Wildman–Crippen LogP) is 0.743. The quantitative estimate of drug-likeness (QED) is 0.693. The number of hydrogen-bond donors (Lipinski definition) is 2. The normalized spacial score (nSPS) is 10.9. The van der Waals surface area contributed by atoms with E-state index in [1.807, 2.05) is 12.4 Å². The van der Waals surface area contributed by atoms with Crippen LogP contribution in [0.5, 0.6) is 0 Å². The Kier molecular flexibility index (Phi) is 4.26. The summed E-state index contributed by atoms with van der Waals surface area (Å²) in [5.41, 5.74) is 0. The van der Waals surface area contributed by atoms with Crippen LogP contribution in [0.15, 0.2) is 18.7 Å². The third-order valence-electron chi connectivity index (χ3n) is 2.55. The second-order valence-corrected chi connectivity index (χ2v) is 3.90. The molecule has 2 aromatic heterocycles. The number of hydrogen-bond acceptors (Lipinski definition) is 4. The van der Waals surface area contributed by atoms with E-state index in [1.165, 1.54) is 6.33 Å². The number of nitrogens with zero attached hydrogens (tertiary/aromatic N) is 4. The van der Waals surface area contributed by atoms with Gasteiger partial charge in [-0.3, -0.25) is 5.10 Å². The van der Waals surface area contributed by atoms with Crippen molar-refractivity contribution in [1.29, 1.82) is 0 Å². The van der Waals surface area contributed by atoms with Gasteiger partial charge in [-0.1, -0.05) is 6.92 Å². The van der Waals surface area contributed by atoms with Gasteiger partial charge in [-0.15, -0.1) is 0 Å². The molecule has 0 unspecified atom stereocenters. The summed E-state index contributed by atoms with van der Waals surface area (Å²) in [5, 5.41) is 10.0. The Morgan fingerprint density at radius 2 is 2.35 bits per heavy atom. The van der Waals surface area contributed by atoms with Crippen molar-refractivity contribution in [3.63, 3.8) is 0 Å². The minimum atomic E-state index is 0.793. The second kappa shape index (κ2) is 6.15. The molecule has 2 N–H and O–H groups in total. The molecule has 0 fully saturated rings. The lowest BCUT2D eigenvalue weighted by Crippen LogP contribution is -2.20. The molecule has 2 rings (SSSR count). The maximum absolute atomic E-state index is 4.33. The Morgan fingerprint density at radius 3 is 3.12 bits per heavy atom. The Balaban J connectivity index is 1.72. The fraction of sp³-hybridized carbons (Fsp3) is 0.545. The SMILES string of the molecule is CCCn1ccnc1CNCCc1ncn[nH]1. The van der Waals surface area contributed by atoms with Crippen LogP contribution in [0.2, 0.25) is 0 Å². The van der Waals surface area contributed by atoms with Gasteiger partial charge < -0.3 is 9.88 Å². The van der Waals surface area contributed by atoms with Crippen LogP contribution in [0.25, 0.3) is 0 Å². The lowest BCUT2D eigenvalue weighted by atomic mass is 10.4. The largest absolute Gasteiger partial charge is 0.334 e. The predicted molar refractivity (Wildman–Crippen MR) is 64.3 cm³/mol. The summed E-state index contributed by atoms with van der Waals surface area (Å²) in [6, 6.07) is 0. The van der Waals surface area contributed by atoms with Gasteiger partial charge >= 0.3 is 0 Å². The number of nitrogens with one attached hydrogen (secondary N) is 2. The molecule has 0 aliphatic rings. The van der Waals surface area contributed by atoms with E-state index in [0.29, 0.717) is 0 Å². The van der Waals surface area contributed by atoms with E-state index in [9.17, 15) is 0 Å². The molecule has 0 aliphatic carbocycles. The van der Waals surface area contributed by atoms with Crippen LogP contribution in [0.3, 0.4) is 0 Å². The standard InChI is InChI=1S/C11H18N6/c1-2-6-17-7-5-13-11(17)8-12-4-3-10-14-9-15-16-10/h5,7,9,12H,2-4,6,8H2,1H3,(H,14,15,16). The van der Waals surface area contributed by atoms with Crippen LogP contribution >= 0.6 is 0 Å². The Morgan fingerprint density at radius 1 is 1.41 bits per heavy atom. The monoisotopic (exact) mass is 234 g/mol. The summed E-state index contributed by atoms with van der Waals surface area (Å²) in [4.78, 5) is 8.40. The van der Waals surface area contributed by atoms with E-state index in [0.717, 1.165) is 44.1 Å². The van der Waals surface area contributed by atoms with Crippen LogP contribution < -0.4 is 5.32 Å². The molecular weight excluding hydrogens is 216 g/mol. The fourth-order valence-corrected chi connectivity index (χ4v) is 1.71. The maximum Gasteiger partial charge on any atom is 0.137 e. The van der Waals surface area contributed by atoms with Crippen molar-refractivity contribution >= 4 is 0 Å². The number of aryl methyl sites for hydroxylation is 1. The summed E-state index contributed by atoms with van der Waals surface area (Å²) >= 11 is 0. The van der Waals surface area contributed by atoms with E-state index < -0.39 is 0 Å². The lowest BCUT2D eigenvalue weighted by Gasteiger charge is -2.06. The van der Waals surface area contributed by atoms with Gasteiger partial charge in [0.15, 0.2) is 0 Å². The molecule has 17 heavy (non-hydrogen) atoms. The van der Waals surface area contributed by atoms with Gasteiger partial charge in [0.25, 0.3) is 0 Å². The first-order valence-corrected chi connectivity index (χ1v) is 5.95. The third-order valence-corrected chi connectivity index (χ3v) is 2.55. The lowest BCUT2D eigenvalue weighted by molar-refractivity contribution is 0.585. The van der Waals surface area contributed by atoms with E-state index in [-0.39, 0.29) is 0 Å². The highest BCUT2D eigenvalue weighted by atomic mass is 15.2. The molecule has 6 nitrogen and oxygen atoms in total. The van der Waals surface area contributed by atoms with Crippen LogP contribution in [0, 0.1) is 0 Å². The van der Waals surface area contributed by atoms with Gasteiger partial charge in [-0.05, 0) is 6.42 Å². The van der Waals surface area contributed by atoms with Crippen molar-refractivity contribution in [2.45, 2.75) is 32.9 Å². The van der Waals surface area contributed by atoms with Crippen molar-refractivity contribution in [1.82, 2.24) is 30.0 Å².